The molecule has 18 heavy (non-hydrogen) atoms. The third-order valence-electron chi connectivity index (χ3n) is 3.15. The van der Waals surface area contributed by atoms with Crippen LogP contribution in [0.3, 0.4) is 0 Å². The van der Waals surface area contributed by atoms with E-state index in [9.17, 15) is 9.59 Å². The molecule has 0 aromatic heterocycles. The van der Waals surface area contributed by atoms with Crippen molar-refractivity contribution in [3.8, 4) is 0 Å². The maximum atomic E-state index is 11.9. The first-order valence-corrected chi connectivity index (χ1v) is 6.60. The van der Waals surface area contributed by atoms with Crippen LogP contribution in [-0.2, 0) is 9.59 Å². The third-order valence-corrected chi connectivity index (χ3v) is 3.15. The molecule has 5 heteroatoms. The first-order chi connectivity index (χ1) is 8.33. The van der Waals surface area contributed by atoms with Gasteiger partial charge >= 0.3 is 0 Å². The maximum Gasteiger partial charge on any atom is 0.242 e. The predicted octanol–water partition coefficient (Wildman–Crippen LogP) is 0.637. The van der Waals surface area contributed by atoms with Gasteiger partial charge < -0.3 is 16.4 Å². The molecule has 0 fully saturated rings. The van der Waals surface area contributed by atoms with Crippen LogP contribution in [0.2, 0.25) is 0 Å². The topological polar surface area (TPSA) is 84.2 Å². The molecule has 3 atom stereocenters. The molecule has 4 N–H and O–H groups in total. The second kappa shape index (κ2) is 8.08. The lowest BCUT2D eigenvalue weighted by atomic mass is 9.98. The van der Waals surface area contributed by atoms with Crippen molar-refractivity contribution in [1.29, 1.82) is 0 Å². The Hall–Kier alpha value is -1.10. The van der Waals surface area contributed by atoms with E-state index in [4.69, 9.17) is 5.73 Å². The van der Waals surface area contributed by atoms with E-state index in [0.717, 1.165) is 6.42 Å². The van der Waals surface area contributed by atoms with Crippen LogP contribution in [0.5, 0.6) is 0 Å². The second-order valence-electron chi connectivity index (χ2n) is 5.22. The minimum absolute atomic E-state index is 0.106. The summed E-state index contributed by atoms with van der Waals surface area (Å²) in [7, 11) is 1.57. The Balaban J connectivity index is 4.57. The summed E-state index contributed by atoms with van der Waals surface area (Å²) < 4.78 is 0. The quantitative estimate of drug-likeness (QED) is 0.625. The molecule has 0 heterocycles. The molecule has 0 saturated heterocycles. The number of nitrogens with one attached hydrogen (secondary N) is 2. The van der Waals surface area contributed by atoms with Crippen molar-refractivity contribution in [1.82, 2.24) is 10.6 Å². The Bertz CT molecular complexity index is 279. The summed E-state index contributed by atoms with van der Waals surface area (Å²) in [6.45, 7) is 7.94. The van der Waals surface area contributed by atoms with Crippen molar-refractivity contribution >= 4 is 11.8 Å². The fourth-order valence-corrected chi connectivity index (χ4v) is 1.66. The minimum Gasteiger partial charge on any atom is -0.357 e. The zero-order chi connectivity index (χ0) is 14.3. The van der Waals surface area contributed by atoms with Crippen LogP contribution in [0.1, 0.15) is 40.5 Å². The average Bonchev–Trinajstić information content (AvgIpc) is 2.34. The molecule has 106 valence electrons. The smallest absolute Gasteiger partial charge is 0.242 e. The van der Waals surface area contributed by atoms with E-state index in [1.54, 1.807) is 7.05 Å². The second-order valence-corrected chi connectivity index (χ2v) is 5.22. The van der Waals surface area contributed by atoms with Gasteiger partial charge in [0.25, 0.3) is 0 Å². The van der Waals surface area contributed by atoms with Crippen molar-refractivity contribution in [2.24, 2.45) is 17.6 Å². The zero-order valence-electron chi connectivity index (χ0n) is 12.1. The molecular weight excluding hydrogens is 230 g/mol. The number of likely N-dealkylation sites (N-methyl/N-ethyl adjacent to an activating group) is 1. The van der Waals surface area contributed by atoms with Crippen molar-refractivity contribution in [3.05, 3.63) is 0 Å². The monoisotopic (exact) mass is 257 g/mol. The molecule has 0 aromatic rings. The lowest BCUT2D eigenvalue weighted by molar-refractivity contribution is -0.130. The van der Waals surface area contributed by atoms with E-state index >= 15 is 0 Å². The summed E-state index contributed by atoms with van der Waals surface area (Å²) in [4.78, 5) is 23.6. The average molecular weight is 257 g/mol. The molecule has 0 rings (SSSR count). The highest BCUT2D eigenvalue weighted by molar-refractivity contribution is 5.89. The summed E-state index contributed by atoms with van der Waals surface area (Å²) in [6.07, 6.45) is 1.45. The van der Waals surface area contributed by atoms with Crippen LogP contribution in [0, 0.1) is 11.8 Å². The molecule has 0 radical (unpaired) electrons. The summed E-state index contributed by atoms with van der Waals surface area (Å²) in [5.41, 5.74) is 5.85. The number of nitrogens with two attached hydrogens (primary N) is 1. The normalized spacial score (nSPS) is 15.9. The lowest BCUT2D eigenvalue weighted by Gasteiger charge is -2.23. The fourth-order valence-electron chi connectivity index (χ4n) is 1.66. The third kappa shape index (κ3) is 5.49. The van der Waals surface area contributed by atoms with Gasteiger partial charge in [-0.2, -0.15) is 0 Å². The van der Waals surface area contributed by atoms with Crippen LogP contribution < -0.4 is 16.4 Å². The highest BCUT2D eigenvalue weighted by Crippen LogP contribution is 2.08. The van der Waals surface area contributed by atoms with Crippen LogP contribution in [0.25, 0.3) is 0 Å². The molecule has 2 amide bonds. The molecule has 0 aliphatic carbocycles. The standard InChI is InChI=1S/C13H27N3O2/c1-6-9(4)11(14)13(18)16-10(7-8(2)3)12(17)15-5/h8-11H,6-7,14H2,1-5H3,(H,15,17)(H,16,18)/t9-,10-,11-/m0/s1. The number of carbonyl (C=O) groups is 2. The van der Waals surface area contributed by atoms with E-state index in [1.165, 1.54) is 0 Å². The van der Waals surface area contributed by atoms with Gasteiger partial charge in [0.05, 0.1) is 6.04 Å². The molecule has 0 unspecified atom stereocenters. The molecule has 0 aliphatic heterocycles. The molecule has 0 aromatic carbocycles. The SMILES string of the molecule is CC[C@H](C)[C@H](N)C(=O)N[C@@H](CC(C)C)C(=O)NC. The number of hydrogen-bond donors (Lipinski definition) is 3. The van der Waals surface area contributed by atoms with E-state index in [0.29, 0.717) is 12.3 Å². The number of rotatable bonds is 7. The minimum atomic E-state index is -0.561. The van der Waals surface area contributed by atoms with Gasteiger partial charge in [0.15, 0.2) is 0 Å². The number of hydrogen-bond acceptors (Lipinski definition) is 3. The zero-order valence-corrected chi connectivity index (χ0v) is 12.1. The highest BCUT2D eigenvalue weighted by atomic mass is 16.2. The van der Waals surface area contributed by atoms with E-state index < -0.39 is 12.1 Å². The van der Waals surface area contributed by atoms with E-state index in [-0.39, 0.29) is 17.7 Å². The molecule has 0 saturated carbocycles. The summed E-state index contributed by atoms with van der Waals surface area (Å²) in [6, 6.07) is -1.06. The van der Waals surface area contributed by atoms with Crippen LogP contribution in [0.4, 0.5) is 0 Å². The van der Waals surface area contributed by atoms with E-state index in [2.05, 4.69) is 10.6 Å². The summed E-state index contributed by atoms with van der Waals surface area (Å²) in [5.74, 6) is 0.00816. The maximum absolute atomic E-state index is 11.9. The molecule has 0 bridgehead atoms. The van der Waals surface area contributed by atoms with Crippen molar-refractivity contribution in [2.45, 2.75) is 52.6 Å². The number of carbonyl (C=O) groups excluding carboxylic acids is 2. The van der Waals surface area contributed by atoms with Crippen molar-refractivity contribution in [3.63, 3.8) is 0 Å². The largest absolute Gasteiger partial charge is 0.357 e. The molecule has 0 aliphatic rings. The first kappa shape index (κ1) is 16.9. The van der Waals surface area contributed by atoms with Crippen molar-refractivity contribution < 1.29 is 9.59 Å². The van der Waals surface area contributed by atoms with Crippen LogP contribution >= 0.6 is 0 Å². The lowest BCUT2D eigenvalue weighted by Crippen LogP contribution is -2.53. The van der Waals surface area contributed by atoms with Gasteiger partial charge in [-0.05, 0) is 18.3 Å². The summed E-state index contributed by atoms with van der Waals surface area (Å²) in [5, 5.41) is 5.30. The van der Waals surface area contributed by atoms with Crippen LogP contribution in [0.15, 0.2) is 0 Å². The van der Waals surface area contributed by atoms with Gasteiger partial charge in [0.2, 0.25) is 11.8 Å². The Labute approximate surface area is 110 Å². The van der Waals surface area contributed by atoms with Crippen LogP contribution in [-0.4, -0.2) is 30.9 Å². The number of amides is 2. The predicted molar refractivity (Wildman–Crippen MR) is 72.9 cm³/mol. The Morgan fingerprint density at radius 3 is 2.11 bits per heavy atom. The van der Waals surface area contributed by atoms with E-state index in [1.807, 2.05) is 27.7 Å². The fraction of sp³-hybridized carbons (Fsp3) is 0.846. The molecule has 5 nitrogen and oxygen atoms in total. The van der Waals surface area contributed by atoms with Gasteiger partial charge in [-0.15, -0.1) is 0 Å². The van der Waals surface area contributed by atoms with Gasteiger partial charge in [-0.3, -0.25) is 9.59 Å². The van der Waals surface area contributed by atoms with Gasteiger partial charge in [0, 0.05) is 7.05 Å². The highest BCUT2D eigenvalue weighted by Gasteiger charge is 2.25. The van der Waals surface area contributed by atoms with Gasteiger partial charge in [-0.25, -0.2) is 0 Å². The molecular formula is C13H27N3O2. The first-order valence-electron chi connectivity index (χ1n) is 6.60. The summed E-state index contributed by atoms with van der Waals surface area (Å²) >= 11 is 0. The Kier molecular flexibility index (Phi) is 7.59. The van der Waals surface area contributed by atoms with Gasteiger partial charge in [0.1, 0.15) is 6.04 Å². The Morgan fingerprint density at radius 2 is 1.72 bits per heavy atom. The molecule has 0 spiro atoms. The van der Waals surface area contributed by atoms with Crippen molar-refractivity contribution in [2.75, 3.05) is 7.05 Å². The van der Waals surface area contributed by atoms with Gasteiger partial charge in [-0.1, -0.05) is 34.1 Å². The Morgan fingerprint density at radius 1 is 1.17 bits per heavy atom.